The van der Waals surface area contributed by atoms with E-state index >= 15 is 0 Å². The molecule has 0 aliphatic heterocycles. The molecule has 4 heteroatoms. The number of hydrogen-bond donors (Lipinski definition) is 0. The normalized spacial score (nSPS) is 10.9. The zero-order valence-electron chi connectivity index (χ0n) is 26.4. The highest BCUT2D eigenvalue weighted by molar-refractivity contribution is 5.81. The number of carbonyl (C=O) groups excluding carboxylic acids is 2. The van der Waals surface area contributed by atoms with Gasteiger partial charge in [0.15, 0.2) is 0 Å². The first kappa shape index (κ1) is 38.4. The Labute approximate surface area is 249 Å². The van der Waals surface area contributed by atoms with Crippen LogP contribution >= 0.6 is 0 Å². The Morgan fingerprint density at radius 2 is 0.475 bits per heavy atom. The summed E-state index contributed by atoms with van der Waals surface area (Å²) < 4.78 is 9.99. The van der Waals surface area contributed by atoms with E-state index in [-0.39, 0.29) is 11.9 Å². The Bertz CT molecular complexity index is 521. The average molecular weight is 563 g/mol. The molecule has 0 atom stereocenters. The Morgan fingerprint density at radius 1 is 0.325 bits per heavy atom. The molecule has 0 aliphatic carbocycles. The molecule has 40 heavy (non-hydrogen) atoms. The first-order chi connectivity index (χ1) is 19.7. The molecule has 0 bridgehead atoms. The van der Waals surface area contributed by atoms with Gasteiger partial charge in [-0.25, -0.2) is 9.59 Å². The van der Waals surface area contributed by atoms with Crippen LogP contribution in [0.1, 0.15) is 180 Å². The van der Waals surface area contributed by atoms with Gasteiger partial charge >= 0.3 is 11.9 Å². The van der Waals surface area contributed by atoms with Crippen LogP contribution < -0.4 is 0 Å². The van der Waals surface area contributed by atoms with Gasteiger partial charge in [-0.15, -0.1) is 0 Å². The fourth-order valence-electron chi connectivity index (χ4n) is 5.26. The van der Waals surface area contributed by atoms with Crippen molar-refractivity contribution in [2.45, 2.75) is 180 Å². The van der Waals surface area contributed by atoms with Crippen molar-refractivity contribution in [3.05, 3.63) is 25.3 Å². The first-order valence-corrected chi connectivity index (χ1v) is 17.3. The van der Waals surface area contributed by atoms with Crippen LogP contribution in [0.4, 0.5) is 0 Å². The molecule has 0 saturated carbocycles. The molecule has 234 valence electrons. The Balaban J connectivity index is 3.07. The van der Waals surface area contributed by atoms with Crippen LogP contribution in [-0.4, -0.2) is 25.2 Å². The summed E-state index contributed by atoms with van der Waals surface area (Å²) >= 11 is 0. The molecule has 0 rings (SSSR count). The van der Waals surface area contributed by atoms with Gasteiger partial charge in [0, 0.05) is 12.2 Å². The van der Waals surface area contributed by atoms with Crippen molar-refractivity contribution < 1.29 is 19.1 Å². The SMILES string of the molecule is C=CC(=O)OCCCCCCCCCCCCCCCCCCCCCCCCCCCCCCOC(=O)C=C. The van der Waals surface area contributed by atoms with Crippen molar-refractivity contribution in [3.63, 3.8) is 0 Å². The predicted octanol–water partition coefficient (Wildman–Crippen LogP) is 11.4. The zero-order chi connectivity index (χ0) is 29.2. The summed E-state index contributed by atoms with van der Waals surface area (Å²) in [5.41, 5.74) is 0. The van der Waals surface area contributed by atoms with E-state index in [1.165, 1.54) is 166 Å². The largest absolute Gasteiger partial charge is 0.463 e. The maximum absolute atomic E-state index is 10.9. The predicted molar refractivity (Wildman–Crippen MR) is 172 cm³/mol. The lowest BCUT2D eigenvalue weighted by molar-refractivity contribution is -0.138. The van der Waals surface area contributed by atoms with Crippen LogP contribution in [0.15, 0.2) is 25.3 Å². The zero-order valence-corrected chi connectivity index (χ0v) is 26.4. The van der Waals surface area contributed by atoms with Crippen LogP contribution in [0, 0.1) is 0 Å². The number of unbranched alkanes of at least 4 members (excludes halogenated alkanes) is 27. The maximum Gasteiger partial charge on any atom is 0.330 e. The van der Waals surface area contributed by atoms with Crippen molar-refractivity contribution >= 4 is 11.9 Å². The minimum Gasteiger partial charge on any atom is -0.463 e. The Hall–Kier alpha value is -1.58. The van der Waals surface area contributed by atoms with Gasteiger partial charge in [-0.05, 0) is 12.8 Å². The summed E-state index contributed by atoms with van der Waals surface area (Å²) in [4.78, 5) is 21.9. The number of ether oxygens (including phenoxy) is 2. The number of carbonyl (C=O) groups is 2. The average Bonchev–Trinajstić information content (AvgIpc) is 2.97. The molecule has 0 heterocycles. The van der Waals surface area contributed by atoms with E-state index in [2.05, 4.69) is 13.2 Å². The van der Waals surface area contributed by atoms with Gasteiger partial charge in [0.1, 0.15) is 0 Å². The molecule has 4 nitrogen and oxygen atoms in total. The van der Waals surface area contributed by atoms with Crippen molar-refractivity contribution in [3.8, 4) is 0 Å². The quantitative estimate of drug-likeness (QED) is 0.0453. The summed E-state index contributed by atoms with van der Waals surface area (Å²) in [6.45, 7) is 7.88. The standard InChI is InChI=1S/C36H66O4/c1-3-35(37)39-33-31-29-27-25-23-21-19-17-15-13-11-9-7-5-6-8-10-12-14-16-18-20-22-24-26-28-30-32-34-40-36(38)4-2/h3-4H,1-2,5-34H2. The summed E-state index contributed by atoms with van der Waals surface area (Å²) in [5.74, 6) is -0.606. The van der Waals surface area contributed by atoms with Crippen molar-refractivity contribution in [2.24, 2.45) is 0 Å². The lowest BCUT2D eigenvalue weighted by atomic mass is 10.0. The highest BCUT2D eigenvalue weighted by Crippen LogP contribution is 2.16. The van der Waals surface area contributed by atoms with E-state index in [4.69, 9.17) is 9.47 Å². The lowest BCUT2D eigenvalue weighted by Crippen LogP contribution is -2.01. The van der Waals surface area contributed by atoms with Crippen LogP contribution in [0.25, 0.3) is 0 Å². The van der Waals surface area contributed by atoms with Gasteiger partial charge in [-0.1, -0.05) is 180 Å². The van der Waals surface area contributed by atoms with Gasteiger partial charge in [0.25, 0.3) is 0 Å². The second kappa shape index (κ2) is 33.6. The van der Waals surface area contributed by atoms with Gasteiger partial charge in [-0.3, -0.25) is 0 Å². The molecule has 0 amide bonds. The molecule has 0 saturated heterocycles. The molecule has 0 aromatic rings. The fourth-order valence-corrected chi connectivity index (χ4v) is 5.26. The molecule has 0 unspecified atom stereocenters. The van der Waals surface area contributed by atoms with Crippen LogP contribution in [-0.2, 0) is 19.1 Å². The van der Waals surface area contributed by atoms with E-state index in [1.807, 2.05) is 0 Å². The van der Waals surface area contributed by atoms with Gasteiger partial charge < -0.3 is 9.47 Å². The summed E-state index contributed by atoms with van der Waals surface area (Å²) in [7, 11) is 0. The highest BCUT2D eigenvalue weighted by atomic mass is 16.5. The Kier molecular flexibility index (Phi) is 32.3. The second-order valence-electron chi connectivity index (χ2n) is 11.6. The van der Waals surface area contributed by atoms with Crippen molar-refractivity contribution in [1.29, 1.82) is 0 Å². The van der Waals surface area contributed by atoms with Gasteiger partial charge in [-0.2, -0.15) is 0 Å². The number of hydrogen-bond acceptors (Lipinski definition) is 4. The monoisotopic (exact) mass is 562 g/mol. The molecule has 0 aromatic heterocycles. The molecular formula is C36H66O4. The fraction of sp³-hybridized carbons (Fsp3) is 0.833. The molecule has 0 aliphatic rings. The van der Waals surface area contributed by atoms with E-state index < -0.39 is 0 Å². The van der Waals surface area contributed by atoms with Crippen molar-refractivity contribution in [2.75, 3.05) is 13.2 Å². The maximum atomic E-state index is 10.9. The third-order valence-corrected chi connectivity index (χ3v) is 7.86. The van der Waals surface area contributed by atoms with E-state index in [0.717, 1.165) is 25.7 Å². The van der Waals surface area contributed by atoms with E-state index in [9.17, 15) is 9.59 Å². The summed E-state index contributed by atoms with van der Waals surface area (Å²) in [6, 6.07) is 0. The van der Waals surface area contributed by atoms with Crippen LogP contribution in [0.2, 0.25) is 0 Å². The smallest absolute Gasteiger partial charge is 0.330 e. The van der Waals surface area contributed by atoms with Crippen molar-refractivity contribution in [1.82, 2.24) is 0 Å². The molecule has 0 spiro atoms. The lowest BCUT2D eigenvalue weighted by Gasteiger charge is -2.05. The summed E-state index contributed by atoms with van der Waals surface area (Å²) in [5, 5.41) is 0. The van der Waals surface area contributed by atoms with Crippen LogP contribution in [0.5, 0.6) is 0 Å². The molecule has 0 fully saturated rings. The summed E-state index contributed by atoms with van der Waals surface area (Å²) in [6.07, 6.45) is 40.2. The van der Waals surface area contributed by atoms with E-state index in [0.29, 0.717) is 13.2 Å². The molecular weight excluding hydrogens is 496 g/mol. The molecule has 0 aromatic carbocycles. The van der Waals surface area contributed by atoms with E-state index in [1.54, 1.807) is 0 Å². The van der Waals surface area contributed by atoms with Crippen LogP contribution in [0.3, 0.4) is 0 Å². The topological polar surface area (TPSA) is 52.6 Å². The Morgan fingerprint density at radius 3 is 0.625 bits per heavy atom. The third-order valence-electron chi connectivity index (χ3n) is 7.86. The minimum atomic E-state index is -0.303. The highest BCUT2D eigenvalue weighted by Gasteiger charge is 1.98. The molecule has 0 radical (unpaired) electrons. The second-order valence-corrected chi connectivity index (χ2v) is 11.6. The number of esters is 2. The first-order valence-electron chi connectivity index (χ1n) is 17.3. The van der Waals surface area contributed by atoms with Gasteiger partial charge in [0.2, 0.25) is 0 Å². The third kappa shape index (κ3) is 32.6. The molecule has 0 N–H and O–H groups in total. The number of rotatable bonds is 33. The van der Waals surface area contributed by atoms with Gasteiger partial charge in [0.05, 0.1) is 13.2 Å². The minimum absolute atomic E-state index is 0.303.